The van der Waals surface area contributed by atoms with Gasteiger partial charge in [-0.05, 0) is 18.8 Å². The molecule has 90 valence electrons. The van der Waals surface area contributed by atoms with Crippen molar-refractivity contribution < 1.29 is 17.9 Å². The lowest BCUT2D eigenvalue weighted by Gasteiger charge is -2.33. The molecule has 0 amide bonds. The minimum atomic E-state index is -4.20. The van der Waals surface area contributed by atoms with E-state index in [1.807, 2.05) is 0 Å². The first-order valence-corrected chi connectivity index (χ1v) is 5.13. The first-order chi connectivity index (χ1) is 7.04. The van der Waals surface area contributed by atoms with E-state index in [9.17, 15) is 13.2 Å². The first-order valence-electron chi connectivity index (χ1n) is 5.13. The standard InChI is InChI=1S/C9H17F3N2O/c10-9(11,12)14-4-1-2-8(6-14)7-15-5-3-13/h8H,1-7,13H2/t8-/m0/s1. The molecule has 1 rings (SSSR count). The molecule has 1 atom stereocenters. The van der Waals surface area contributed by atoms with Gasteiger partial charge in [0.25, 0.3) is 0 Å². The largest absolute Gasteiger partial charge is 0.459 e. The zero-order valence-corrected chi connectivity index (χ0v) is 8.59. The number of halogens is 3. The van der Waals surface area contributed by atoms with E-state index < -0.39 is 6.30 Å². The van der Waals surface area contributed by atoms with Crippen LogP contribution in [0.1, 0.15) is 12.8 Å². The van der Waals surface area contributed by atoms with Gasteiger partial charge >= 0.3 is 6.30 Å². The highest BCUT2D eigenvalue weighted by Gasteiger charge is 2.39. The lowest BCUT2D eigenvalue weighted by molar-refractivity contribution is -0.254. The van der Waals surface area contributed by atoms with Gasteiger partial charge in [0.05, 0.1) is 13.2 Å². The quantitative estimate of drug-likeness (QED) is 0.578. The average Bonchev–Trinajstić information content (AvgIpc) is 2.17. The fourth-order valence-electron chi connectivity index (χ4n) is 1.76. The molecule has 2 N–H and O–H groups in total. The Bertz CT molecular complexity index is 187. The molecule has 1 saturated heterocycles. The minimum absolute atomic E-state index is 0.0214. The Morgan fingerprint density at radius 1 is 1.40 bits per heavy atom. The second-order valence-electron chi connectivity index (χ2n) is 3.79. The number of rotatable bonds is 4. The van der Waals surface area contributed by atoms with Crippen molar-refractivity contribution >= 4 is 0 Å². The summed E-state index contributed by atoms with van der Waals surface area (Å²) in [7, 11) is 0. The maximum atomic E-state index is 12.4. The van der Waals surface area contributed by atoms with Crippen molar-refractivity contribution in [3.8, 4) is 0 Å². The predicted molar refractivity (Wildman–Crippen MR) is 50.2 cm³/mol. The zero-order chi connectivity index (χ0) is 11.3. The van der Waals surface area contributed by atoms with Crippen LogP contribution in [0.15, 0.2) is 0 Å². The summed E-state index contributed by atoms with van der Waals surface area (Å²) in [6.45, 7) is 1.37. The van der Waals surface area contributed by atoms with Crippen LogP contribution in [0.25, 0.3) is 0 Å². The maximum absolute atomic E-state index is 12.4. The number of nitrogens with two attached hydrogens (primary N) is 1. The molecule has 0 spiro atoms. The lowest BCUT2D eigenvalue weighted by atomic mass is 9.99. The van der Waals surface area contributed by atoms with Crippen molar-refractivity contribution in [1.82, 2.24) is 4.90 Å². The summed E-state index contributed by atoms with van der Waals surface area (Å²) >= 11 is 0. The number of alkyl halides is 3. The molecular weight excluding hydrogens is 209 g/mol. The molecule has 0 radical (unpaired) electrons. The molecule has 0 bridgehead atoms. The molecule has 1 aliphatic rings. The number of piperidine rings is 1. The number of hydrogen-bond acceptors (Lipinski definition) is 3. The van der Waals surface area contributed by atoms with Gasteiger partial charge in [-0.1, -0.05) is 0 Å². The van der Waals surface area contributed by atoms with Crippen molar-refractivity contribution in [2.75, 3.05) is 32.8 Å². The van der Waals surface area contributed by atoms with Crippen LogP contribution in [0.2, 0.25) is 0 Å². The molecule has 15 heavy (non-hydrogen) atoms. The van der Waals surface area contributed by atoms with Crippen molar-refractivity contribution in [3.05, 3.63) is 0 Å². The molecule has 1 heterocycles. The summed E-state index contributed by atoms with van der Waals surface area (Å²) in [4.78, 5) is 0.562. The molecule has 1 fully saturated rings. The highest BCUT2D eigenvalue weighted by atomic mass is 19.4. The van der Waals surface area contributed by atoms with Gasteiger partial charge in [-0.2, -0.15) is 13.2 Å². The van der Waals surface area contributed by atoms with Gasteiger partial charge in [-0.15, -0.1) is 0 Å². The maximum Gasteiger partial charge on any atom is 0.459 e. The molecular formula is C9H17F3N2O. The van der Waals surface area contributed by atoms with Gasteiger partial charge in [-0.25, -0.2) is 4.90 Å². The Morgan fingerprint density at radius 3 is 2.73 bits per heavy atom. The molecule has 0 aromatic heterocycles. The Balaban J connectivity index is 2.29. The Kier molecular flexibility index (Phi) is 4.82. The highest BCUT2D eigenvalue weighted by Crippen LogP contribution is 2.27. The smallest absolute Gasteiger partial charge is 0.380 e. The fourth-order valence-corrected chi connectivity index (χ4v) is 1.76. The van der Waals surface area contributed by atoms with Crippen LogP contribution in [-0.4, -0.2) is 44.0 Å². The zero-order valence-electron chi connectivity index (χ0n) is 8.59. The molecule has 1 aliphatic heterocycles. The van der Waals surface area contributed by atoms with Crippen LogP contribution >= 0.6 is 0 Å². The molecule has 3 nitrogen and oxygen atoms in total. The molecule has 0 aliphatic carbocycles. The highest BCUT2D eigenvalue weighted by molar-refractivity contribution is 4.74. The van der Waals surface area contributed by atoms with Gasteiger partial charge in [0, 0.05) is 19.6 Å². The summed E-state index contributed by atoms with van der Waals surface area (Å²) in [6.07, 6.45) is -2.82. The summed E-state index contributed by atoms with van der Waals surface area (Å²) < 4.78 is 42.3. The van der Waals surface area contributed by atoms with Crippen LogP contribution in [-0.2, 0) is 4.74 Å². The minimum Gasteiger partial charge on any atom is -0.380 e. The average molecular weight is 226 g/mol. The Labute approximate surface area is 87.4 Å². The predicted octanol–water partition coefficient (Wildman–Crippen LogP) is 1.19. The molecule has 0 saturated carbocycles. The number of nitrogens with zero attached hydrogens (tertiary/aromatic N) is 1. The van der Waals surface area contributed by atoms with Gasteiger partial charge < -0.3 is 10.5 Å². The second-order valence-corrected chi connectivity index (χ2v) is 3.79. The third-order valence-electron chi connectivity index (χ3n) is 2.49. The van der Waals surface area contributed by atoms with E-state index in [0.29, 0.717) is 31.1 Å². The Hall–Kier alpha value is -0.330. The van der Waals surface area contributed by atoms with Crippen LogP contribution < -0.4 is 5.73 Å². The second kappa shape index (κ2) is 5.67. The lowest BCUT2D eigenvalue weighted by Crippen LogP contribution is -2.45. The van der Waals surface area contributed by atoms with E-state index >= 15 is 0 Å². The third-order valence-corrected chi connectivity index (χ3v) is 2.49. The summed E-state index contributed by atoms with van der Waals surface area (Å²) in [5.41, 5.74) is 5.23. The van der Waals surface area contributed by atoms with E-state index in [1.165, 1.54) is 0 Å². The molecule has 0 unspecified atom stereocenters. The van der Waals surface area contributed by atoms with Crippen molar-refractivity contribution in [3.63, 3.8) is 0 Å². The van der Waals surface area contributed by atoms with Crippen molar-refractivity contribution in [2.24, 2.45) is 11.7 Å². The molecule has 0 aromatic rings. The topological polar surface area (TPSA) is 38.5 Å². The van der Waals surface area contributed by atoms with Crippen LogP contribution in [0.5, 0.6) is 0 Å². The van der Waals surface area contributed by atoms with E-state index in [-0.39, 0.29) is 19.0 Å². The van der Waals surface area contributed by atoms with E-state index in [2.05, 4.69) is 0 Å². The van der Waals surface area contributed by atoms with Crippen LogP contribution in [0.3, 0.4) is 0 Å². The number of likely N-dealkylation sites (tertiary alicyclic amines) is 1. The number of hydrogen-bond donors (Lipinski definition) is 1. The summed E-state index contributed by atoms with van der Waals surface area (Å²) in [5, 5.41) is 0. The van der Waals surface area contributed by atoms with Gasteiger partial charge in [0.1, 0.15) is 0 Å². The fraction of sp³-hybridized carbons (Fsp3) is 1.00. The third kappa shape index (κ3) is 4.36. The van der Waals surface area contributed by atoms with Crippen LogP contribution in [0, 0.1) is 5.92 Å². The summed E-state index contributed by atoms with van der Waals surface area (Å²) in [5.74, 6) is -0.0214. The van der Waals surface area contributed by atoms with E-state index in [1.54, 1.807) is 0 Å². The summed E-state index contributed by atoms with van der Waals surface area (Å²) in [6, 6.07) is 0. The van der Waals surface area contributed by atoms with Crippen molar-refractivity contribution in [1.29, 1.82) is 0 Å². The first kappa shape index (κ1) is 12.7. The normalized spacial score (nSPS) is 24.4. The Morgan fingerprint density at radius 2 is 2.13 bits per heavy atom. The number of ether oxygens (including phenoxy) is 1. The molecule has 0 aromatic carbocycles. The van der Waals surface area contributed by atoms with Crippen molar-refractivity contribution in [2.45, 2.75) is 19.1 Å². The van der Waals surface area contributed by atoms with E-state index in [4.69, 9.17) is 10.5 Å². The van der Waals surface area contributed by atoms with Crippen LogP contribution in [0.4, 0.5) is 13.2 Å². The SMILES string of the molecule is NCCOC[C@H]1CCCN(C(F)(F)F)C1. The van der Waals surface area contributed by atoms with Gasteiger partial charge in [0.15, 0.2) is 0 Å². The van der Waals surface area contributed by atoms with E-state index in [0.717, 1.165) is 6.42 Å². The molecule has 6 heteroatoms. The van der Waals surface area contributed by atoms with Gasteiger partial charge in [-0.3, -0.25) is 0 Å². The van der Waals surface area contributed by atoms with Gasteiger partial charge in [0.2, 0.25) is 0 Å². The monoisotopic (exact) mass is 226 g/mol.